The SMILES string of the molecule is CCOCCCN1C(=O)C(Nc2ccc(N3CCN(CC)CC3)cc2)=C(c2ccccc2)C1=O. The second kappa shape index (κ2) is 11.3. The summed E-state index contributed by atoms with van der Waals surface area (Å²) in [6.45, 7) is 10.8. The summed E-state index contributed by atoms with van der Waals surface area (Å²) >= 11 is 0. The fraction of sp³-hybridized carbons (Fsp3) is 0.407. The number of rotatable bonds is 10. The van der Waals surface area contributed by atoms with Crippen molar-refractivity contribution >= 4 is 28.8 Å². The van der Waals surface area contributed by atoms with Gasteiger partial charge >= 0.3 is 0 Å². The summed E-state index contributed by atoms with van der Waals surface area (Å²) in [4.78, 5) is 32.7. The fourth-order valence-corrected chi connectivity index (χ4v) is 4.46. The Kier molecular flexibility index (Phi) is 7.98. The van der Waals surface area contributed by atoms with E-state index in [2.05, 4.69) is 34.2 Å². The Balaban J connectivity index is 1.52. The molecular formula is C27H34N4O3. The summed E-state index contributed by atoms with van der Waals surface area (Å²) in [5.41, 5.74) is 3.45. The highest BCUT2D eigenvalue weighted by atomic mass is 16.5. The number of piperazine rings is 1. The van der Waals surface area contributed by atoms with Crippen LogP contribution in [0.1, 0.15) is 25.8 Å². The highest BCUT2D eigenvalue weighted by molar-refractivity contribution is 6.36. The molecule has 0 atom stereocenters. The molecule has 34 heavy (non-hydrogen) atoms. The lowest BCUT2D eigenvalue weighted by Crippen LogP contribution is -2.46. The smallest absolute Gasteiger partial charge is 0.278 e. The Bertz CT molecular complexity index is 1010. The van der Waals surface area contributed by atoms with E-state index >= 15 is 0 Å². The molecule has 0 unspecified atom stereocenters. The van der Waals surface area contributed by atoms with E-state index in [9.17, 15) is 9.59 Å². The van der Waals surface area contributed by atoms with Crippen LogP contribution in [0.3, 0.4) is 0 Å². The summed E-state index contributed by atoms with van der Waals surface area (Å²) in [6.07, 6.45) is 0.612. The van der Waals surface area contributed by atoms with Crippen molar-refractivity contribution in [2.24, 2.45) is 0 Å². The van der Waals surface area contributed by atoms with Gasteiger partial charge in [0.05, 0.1) is 5.57 Å². The van der Waals surface area contributed by atoms with Crippen molar-refractivity contribution < 1.29 is 14.3 Å². The van der Waals surface area contributed by atoms with Gasteiger partial charge in [-0.3, -0.25) is 14.5 Å². The number of imide groups is 1. The van der Waals surface area contributed by atoms with Crippen LogP contribution in [0.5, 0.6) is 0 Å². The molecule has 0 radical (unpaired) electrons. The Hall–Kier alpha value is -3.16. The zero-order chi connectivity index (χ0) is 23.9. The lowest BCUT2D eigenvalue weighted by molar-refractivity contribution is -0.137. The molecule has 0 aliphatic carbocycles. The summed E-state index contributed by atoms with van der Waals surface area (Å²) in [5.74, 6) is -0.555. The summed E-state index contributed by atoms with van der Waals surface area (Å²) in [6, 6.07) is 17.5. The van der Waals surface area contributed by atoms with E-state index in [1.54, 1.807) is 0 Å². The average Bonchev–Trinajstić information content (AvgIpc) is 3.11. The molecule has 0 aromatic heterocycles. The third kappa shape index (κ3) is 5.32. The van der Waals surface area contributed by atoms with E-state index in [-0.39, 0.29) is 11.8 Å². The molecule has 2 aromatic rings. The normalized spacial score (nSPS) is 17.1. The summed E-state index contributed by atoms with van der Waals surface area (Å²) < 4.78 is 5.39. The first-order valence-corrected chi connectivity index (χ1v) is 12.2. The van der Waals surface area contributed by atoms with Crippen molar-refractivity contribution in [3.8, 4) is 0 Å². The van der Waals surface area contributed by atoms with Gasteiger partial charge in [0.15, 0.2) is 0 Å². The van der Waals surface area contributed by atoms with Gasteiger partial charge in [-0.05, 0) is 49.7 Å². The quantitative estimate of drug-likeness (QED) is 0.431. The Labute approximate surface area is 202 Å². The Morgan fingerprint density at radius 2 is 1.59 bits per heavy atom. The standard InChI is InChI=1S/C27H34N4O3/c1-3-29-16-18-30(19-17-29)23-13-11-22(12-14-23)28-25-24(21-9-6-5-7-10-21)26(32)31(27(25)33)15-8-20-34-4-2/h5-7,9-14,28H,3-4,8,15-20H2,1-2H3. The molecule has 7 heteroatoms. The first-order valence-electron chi connectivity index (χ1n) is 12.2. The van der Waals surface area contributed by atoms with Crippen LogP contribution in [0.15, 0.2) is 60.3 Å². The van der Waals surface area contributed by atoms with Crippen molar-refractivity contribution in [2.75, 3.05) is 62.7 Å². The number of likely N-dealkylation sites (N-methyl/N-ethyl adjacent to an activating group) is 1. The molecule has 2 aliphatic rings. The highest BCUT2D eigenvalue weighted by Gasteiger charge is 2.38. The fourth-order valence-electron chi connectivity index (χ4n) is 4.46. The van der Waals surface area contributed by atoms with Crippen LogP contribution in [-0.4, -0.2) is 74.1 Å². The molecule has 0 saturated carbocycles. The Morgan fingerprint density at radius 1 is 0.882 bits per heavy atom. The second-order valence-corrected chi connectivity index (χ2v) is 8.52. The first kappa shape index (κ1) is 24.0. The number of hydrogen-bond acceptors (Lipinski definition) is 6. The van der Waals surface area contributed by atoms with Gasteiger partial charge in [-0.25, -0.2) is 0 Å². The second-order valence-electron chi connectivity index (χ2n) is 8.52. The number of amides is 2. The van der Waals surface area contributed by atoms with Gasteiger partial charge in [0.1, 0.15) is 5.70 Å². The molecule has 2 aliphatic heterocycles. The first-order chi connectivity index (χ1) is 16.6. The molecule has 180 valence electrons. The topological polar surface area (TPSA) is 65.1 Å². The zero-order valence-electron chi connectivity index (χ0n) is 20.1. The van der Waals surface area contributed by atoms with E-state index in [4.69, 9.17) is 4.74 Å². The summed E-state index contributed by atoms with van der Waals surface area (Å²) in [5, 5.41) is 3.26. The van der Waals surface area contributed by atoms with Gasteiger partial charge in [-0.2, -0.15) is 0 Å². The largest absolute Gasteiger partial charge is 0.382 e. The maximum atomic E-state index is 13.3. The number of hydrogen-bond donors (Lipinski definition) is 1. The van der Waals surface area contributed by atoms with Crippen LogP contribution < -0.4 is 10.2 Å². The lowest BCUT2D eigenvalue weighted by atomic mass is 10.0. The number of carbonyl (C=O) groups excluding carboxylic acids is 2. The monoisotopic (exact) mass is 462 g/mol. The van der Waals surface area contributed by atoms with E-state index in [1.165, 1.54) is 10.6 Å². The van der Waals surface area contributed by atoms with Crippen LogP contribution in [0.2, 0.25) is 0 Å². The molecule has 2 heterocycles. The lowest BCUT2D eigenvalue weighted by Gasteiger charge is -2.35. The maximum absolute atomic E-state index is 13.3. The predicted molar refractivity (Wildman–Crippen MR) is 136 cm³/mol. The van der Waals surface area contributed by atoms with Gasteiger partial charge in [0.2, 0.25) is 0 Å². The number of anilines is 2. The van der Waals surface area contributed by atoms with E-state index < -0.39 is 0 Å². The van der Waals surface area contributed by atoms with Crippen molar-refractivity contribution in [3.63, 3.8) is 0 Å². The molecule has 2 amide bonds. The molecular weight excluding hydrogens is 428 g/mol. The van der Waals surface area contributed by atoms with Crippen LogP contribution in [0.4, 0.5) is 11.4 Å². The van der Waals surface area contributed by atoms with Crippen molar-refractivity contribution in [2.45, 2.75) is 20.3 Å². The van der Waals surface area contributed by atoms with Gasteiger partial charge in [0.25, 0.3) is 11.8 Å². The van der Waals surface area contributed by atoms with E-state index in [0.717, 1.165) is 44.0 Å². The molecule has 1 fully saturated rings. The van der Waals surface area contributed by atoms with Crippen LogP contribution >= 0.6 is 0 Å². The van der Waals surface area contributed by atoms with Gasteiger partial charge in [-0.1, -0.05) is 37.3 Å². The van der Waals surface area contributed by atoms with Gasteiger partial charge in [-0.15, -0.1) is 0 Å². The average molecular weight is 463 g/mol. The minimum Gasteiger partial charge on any atom is -0.382 e. The van der Waals surface area contributed by atoms with Crippen LogP contribution in [-0.2, 0) is 14.3 Å². The molecule has 0 bridgehead atoms. The van der Waals surface area contributed by atoms with Crippen molar-refractivity contribution in [1.82, 2.24) is 9.80 Å². The maximum Gasteiger partial charge on any atom is 0.278 e. The molecule has 7 nitrogen and oxygen atoms in total. The summed E-state index contributed by atoms with van der Waals surface area (Å²) in [7, 11) is 0. The van der Waals surface area contributed by atoms with Crippen LogP contribution in [0.25, 0.3) is 5.57 Å². The van der Waals surface area contributed by atoms with Crippen molar-refractivity contribution in [1.29, 1.82) is 0 Å². The molecule has 4 rings (SSSR count). The molecule has 2 aromatic carbocycles. The van der Waals surface area contributed by atoms with E-state index in [1.807, 2.05) is 49.4 Å². The third-order valence-electron chi connectivity index (χ3n) is 6.43. The number of ether oxygens (including phenoxy) is 1. The predicted octanol–water partition coefficient (Wildman–Crippen LogP) is 3.45. The molecule has 0 spiro atoms. The number of nitrogens with zero attached hydrogens (tertiary/aromatic N) is 3. The van der Waals surface area contributed by atoms with E-state index in [0.29, 0.717) is 37.4 Å². The third-order valence-corrected chi connectivity index (χ3v) is 6.43. The van der Waals surface area contributed by atoms with Crippen molar-refractivity contribution in [3.05, 3.63) is 65.9 Å². The zero-order valence-corrected chi connectivity index (χ0v) is 20.1. The molecule has 1 saturated heterocycles. The Morgan fingerprint density at radius 3 is 2.24 bits per heavy atom. The number of nitrogens with one attached hydrogen (secondary N) is 1. The molecule has 1 N–H and O–H groups in total. The van der Waals surface area contributed by atoms with Gasteiger partial charge < -0.3 is 19.9 Å². The van der Waals surface area contributed by atoms with Gasteiger partial charge in [0, 0.05) is 57.3 Å². The number of benzene rings is 2. The van der Waals surface area contributed by atoms with Crippen LogP contribution in [0, 0.1) is 0 Å². The number of carbonyl (C=O) groups is 2. The minimum absolute atomic E-state index is 0.263. The minimum atomic E-state index is -0.292. The highest BCUT2D eigenvalue weighted by Crippen LogP contribution is 2.31.